The fraction of sp³-hybridized carbons (Fsp3) is 0.650. The highest BCUT2D eigenvalue weighted by Gasteiger charge is 2.31. The van der Waals surface area contributed by atoms with Gasteiger partial charge in [-0.25, -0.2) is 0 Å². The van der Waals surface area contributed by atoms with E-state index in [0.717, 1.165) is 43.7 Å². The molecule has 1 amide bonds. The van der Waals surface area contributed by atoms with E-state index >= 15 is 0 Å². The number of rotatable bonds is 6. The van der Waals surface area contributed by atoms with Gasteiger partial charge in [-0.1, -0.05) is 18.2 Å². The minimum atomic E-state index is -0.640. The molecule has 1 N–H and O–H groups in total. The fourth-order valence-electron chi connectivity index (χ4n) is 3.57. The van der Waals surface area contributed by atoms with Crippen molar-refractivity contribution >= 4 is 11.6 Å². The Labute approximate surface area is 146 Å². The highest BCUT2D eigenvalue weighted by molar-refractivity contribution is 5.94. The van der Waals surface area contributed by atoms with Crippen LogP contribution in [-0.4, -0.2) is 47.7 Å². The zero-order chi connectivity index (χ0) is 17.7. The molecule has 1 aliphatic heterocycles. The van der Waals surface area contributed by atoms with E-state index < -0.39 is 5.60 Å². The van der Waals surface area contributed by atoms with Crippen molar-refractivity contribution in [2.75, 3.05) is 31.1 Å². The number of piperidine rings is 1. The maximum absolute atomic E-state index is 12.7. The van der Waals surface area contributed by atoms with Crippen molar-refractivity contribution in [3.05, 3.63) is 29.8 Å². The smallest absolute Gasteiger partial charge is 0.228 e. The summed E-state index contributed by atoms with van der Waals surface area (Å²) in [5, 5.41) is 10.2. The summed E-state index contributed by atoms with van der Waals surface area (Å²) in [6, 6.07) is 8.05. The van der Waals surface area contributed by atoms with Gasteiger partial charge in [-0.15, -0.1) is 0 Å². The lowest BCUT2D eigenvalue weighted by atomic mass is 9.84. The molecule has 4 nitrogen and oxygen atoms in total. The van der Waals surface area contributed by atoms with E-state index in [1.54, 1.807) is 0 Å². The molecule has 1 saturated heterocycles. The van der Waals surface area contributed by atoms with Crippen LogP contribution >= 0.6 is 0 Å². The summed E-state index contributed by atoms with van der Waals surface area (Å²) in [7, 11) is 0. The number of hydrogen-bond acceptors (Lipinski definition) is 3. The normalized spacial score (nSPS) is 19.3. The molecule has 0 radical (unpaired) electrons. The van der Waals surface area contributed by atoms with E-state index in [0.29, 0.717) is 18.9 Å². The standard InChI is InChI=1S/C20H32N2O2/c1-5-22(18-11-7-6-9-16(18)2)19(23)12-14-21-13-8-10-17(15-21)20(3,4)24/h6-7,9,11,17,24H,5,8,10,12-15H2,1-4H3. The van der Waals surface area contributed by atoms with Crippen LogP contribution in [0.5, 0.6) is 0 Å². The highest BCUT2D eigenvalue weighted by Crippen LogP contribution is 2.27. The third-order valence-electron chi connectivity index (χ3n) is 5.17. The van der Waals surface area contributed by atoms with Crippen LogP contribution in [0, 0.1) is 12.8 Å². The van der Waals surface area contributed by atoms with Gasteiger partial charge < -0.3 is 14.9 Å². The number of likely N-dealkylation sites (tertiary alicyclic amines) is 1. The second-order valence-electron chi connectivity index (χ2n) is 7.47. The Hall–Kier alpha value is -1.39. The SMILES string of the molecule is CCN(C(=O)CCN1CCCC(C(C)(C)O)C1)c1ccccc1C. The van der Waals surface area contributed by atoms with E-state index in [2.05, 4.69) is 4.90 Å². The van der Waals surface area contributed by atoms with Crippen molar-refractivity contribution in [2.24, 2.45) is 5.92 Å². The summed E-state index contributed by atoms with van der Waals surface area (Å²) in [6.45, 7) is 11.2. The molecule has 134 valence electrons. The molecule has 0 bridgehead atoms. The van der Waals surface area contributed by atoms with Crippen LogP contribution in [0.2, 0.25) is 0 Å². The third-order valence-corrected chi connectivity index (χ3v) is 5.17. The molecule has 0 saturated carbocycles. The van der Waals surface area contributed by atoms with E-state index in [1.165, 1.54) is 0 Å². The van der Waals surface area contributed by atoms with Crippen LogP contribution in [0.3, 0.4) is 0 Å². The molecular weight excluding hydrogens is 300 g/mol. The number of para-hydroxylation sites is 1. The number of nitrogens with zero attached hydrogens (tertiary/aromatic N) is 2. The topological polar surface area (TPSA) is 43.8 Å². The predicted molar refractivity (Wildman–Crippen MR) is 99.3 cm³/mol. The van der Waals surface area contributed by atoms with E-state index in [9.17, 15) is 9.90 Å². The first-order valence-corrected chi connectivity index (χ1v) is 9.13. The zero-order valence-corrected chi connectivity index (χ0v) is 15.6. The molecule has 24 heavy (non-hydrogen) atoms. The van der Waals surface area contributed by atoms with Crippen molar-refractivity contribution in [2.45, 2.75) is 52.6 Å². The Balaban J connectivity index is 1.93. The van der Waals surface area contributed by atoms with Crippen molar-refractivity contribution < 1.29 is 9.90 Å². The number of carbonyl (C=O) groups is 1. The number of hydrogen-bond donors (Lipinski definition) is 1. The molecule has 1 heterocycles. The molecule has 0 aliphatic carbocycles. The Morgan fingerprint density at radius 2 is 2.08 bits per heavy atom. The van der Waals surface area contributed by atoms with E-state index in [4.69, 9.17) is 0 Å². The second kappa shape index (κ2) is 8.13. The summed E-state index contributed by atoms with van der Waals surface area (Å²) < 4.78 is 0. The molecule has 1 atom stereocenters. The van der Waals surface area contributed by atoms with Crippen LogP contribution in [-0.2, 0) is 4.79 Å². The lowest BCUT2D eigenvalue weighted by Crippen LogP contribution is -2.45. The highest BCUT2D eigenvalue weighted by atomic mass is 16.3. The van der Waals surface area contributed by atoms with Crippen molar-refractivity contribution in [3.8, 4) is 0 Å². The Bertz CT molecular complexity index is 551. The summed E-state index contributed by atoms with van der Waals surface area (Å²) in [4.78, 5) is 16.9. The maximum Gasteiger partial charge on any atom is 0.228 e. The Morgan fingerprint density at radius 1 is 1.38 bits per heavy atom. The van der Waals surface area contributed by atoms with Gasteiger partial charge in [0.1, 0.15) is 0 Å². The van der Waals surface area contributed by atoms with Gasteiger partial charge in [0.05, 0.1) is 5.60 Å². The van der Waals surface area contributed by atoms with Gasteiger partial charge in [0, 0.05) is 31.7 Å². The minimum absolute atomic E-state index is 0.178. The second-order valence-corrected chi connectivity index (χ2v) is 7.47. The van der Waals surface area contributed by atoms with Gasteiger partial charge in [-0.05, 0) is 64.6 Å². The summed E-state index contributed by atoms with van der Waals surface area (Å²) >= 11 is 0. The summed E-state index contributed by atoms with van der Waals surface area (Å²) in [5.74, 6) is 0.470. The first-order chi connectivity index (χ1) is 11.3. The maximum atomic E-state index is 12.7. The Morgan fingerprint density at radius 3 is 2.71 bits per heavy atom. The summed E-state index contributed by atoms with van der Waals surface area (Å²) in [5.41, 5.74) is 1.50. The van der Waals surface area contributed by atoms with Gasteiger partial charge in [0.25, 0.3) is 0 Å². The molecule has 1 aromatic rings. The first-order valence-electron chi connectivity index (χ1n) is 9.13. The number of amides is 1. The molecule has 0 spiro atoms. The fourth-order valence-corrected chi connectivity index (χ4v) is 3.57. The monoisotopic (exact) mass is 332 g/mol. The average molecular weight is 332 g/mol. The molecule has 1 aliphatic rings. The lowest BCUT2D eigenvalue weighted by Gasteiger charge is -2.38. The van der Waals surface area contributed by atoms with Crippen LogP contribution < -0.4 is 4.90 Å². The number of carbonyl (C=O) groups excluding carboxylic acids is 1. The number of anilines is 1. The van der Waals surface area contributed by atoms with Crippen molar-refractivity contribution in [1.29, 1.82) is 0 Å². The number of aliphatic hydroxyl groups is 1. The van der Waals surface area contributed by atoms with Crippen LogP contribution in [0.4, 0.5) is 5.69 Å². The van der Waals surface area contributed by atoms with Gasteiger partial charge in [-0.2, -0.15) is 0 Å². The lowest BCUT2D eigenvalue weighted by molar-refractivity contribution is -0.119. The molecule has 0 aromatic heterocycles. The van der Waals surface area contributed by atoms with Crippen molar-refractivity contribution in [3.63, 3.8) is 0 Å². The van der Waals surface area contributed by atoms with Crippen LogP contribution in [0.1, 0.15) is 45.6 Å². The van der Waals surface area contributed by atoms with Gasteiger partial charge >= 0.3 is 0 Å². The molecule has 1 fully saturated rings. The predicted octanol–water partition coefficient (Wildman–Crippen LogP) is 3.22. The largest absolute Gasteiger partial charge is 0.390 e. The van der Waals surface area contributed by atoms with Gasteiger partial charge in [-0.3, -0.25) is 4.79 Å². The van der Waals surface area contributed by atoms with Gasteiger partial charge in [0.2, 0.25) is 5.91 Å². The molecule has 1 unspecified atom stereocenters. The average Bonchev–Trinajstić information content (AvgIpc) is 2.55. The van der Waals surface area contributed by atoms with E-state index in [-0.39, 0.29) is 5.91 Å². The molecule has 2 rings (SSSR count). The van der Waals surface area contributed by atoms with Crippen molar-refractivity contribution in [1.82, 2.24) is 4.90 Å². The van der Waals surface area contributed by atoms with Crippen LogP contribution in [0.25, 0.3) is 0 Å². The summed E-state index contributed by atoms with van der Waals surface area (Å²) in [6.07, 6.45) is 2.69. The van der Waals surface area contributed by atoms with Crippen LogP contribution in [0.15, 0.2) is 24.3 Å². The molecule has 4 heteroatoms. The number of aryl methyl sites for hydroxylation is 1. The zero-order valence-electron chi connectivity index (χ0n) is 15.6. The molecular formula is C20H32N2O2. The van der Waals surface area contributed by atoms with Gasteiger partial charge in [0.15, 0.2) is 0 Å². The number of benzene rings is 1. The van der Waals surface area contributed by atoms with E-state index in [1.807, 2.05) is 56.9 Å². The molecule has 1 aromatic carbocycles. The first kappa shape index (κ1) is 18.9. The Kier molecular flexibility index (Phi) is 6.41. The third kappa shape index (κ3) is 4.81. The quantitative estimate of drug-likeness (QED) is 0.870. The minimum Gasteiger partial charge on any atom is -0.390 e.